The van der Waals surface area contributed by atoms with Crippen molar-refractivity contribution in [1.82, 2.24) is 0 Å². The fourth-order valence-corrected chi connectivity index (χ4v) is 2.08. The molecule has 0 amide bonds. The third-order valence-corrected chi connectivity index (χ3v) is 2.99. The van der Waals surface area contributed by atoms with Crippen molar-refractivity contribution >= 4 is 17.7 Å². The summed E-state index contributed by atoms with van der Waals surface area (Å²) in [7, 11) is 0. The van der Waals surface area contributed by atoms with Crippen molar-refractivity contribution in [3.05, 3.63) is 35.9 Å². The molecule has 2 N–H and O–H groups in total. The molecule has 0 aliphatic heterocycles. The van der Waals surface area contributed by atoms with Crippen LogP contribution in [0.15, 0.2) is 30.3 Å². The smallest absolute Gasteiger partial charge is 0.306 e. The third-order valence-electron chi connectivity index (χ3n) is 1.83. The molecular formula is C11H14O3S. The van der Waals surface area contributed by atoms with Crippen molar-refractivity contribution < 1.29 is 15.0 Å². The van der Waals surface area contributed by atoms with Gasteiger partial charge in [-0.2, -0.15) is 11.8 Å². The van der Waals surface area contributed by atoms with E-state index in [1.165, 1.54) is 5.56 Å². The van der Waals surface area contributed by atoms with Gasteiger partial charge < -0.3 is 10.2 Å². The van der Waals surface area contributed by atoms with Gasteiger partial charge in [0, 0.05) is 11.5 Å². The van der Waals surface area contributed by atoms with Gasteiger partial charge in [0.05, 0.1) is 12.5 Å². The Bertz CT molecular complexity index is 300. The summed E-state index contributed by atoms with van der Waals surface area (Å²) in [5.74, 6) is 0.307. The Balaban J connectivity index is 2.19. The first-order valence-electron chi connectivity index (χ1n) is 4.70. The summed E-state index contributed by atoms with van der Waals surface area (Å²) in [6, 6.07) is 9.90. The molecular weight excluding hydrogens is 212 g/mol. The second kappa shape index (κ2) is 6.48. The molecule has 0 spiro atoms. The molecule has 0 heterocycles. The zero-order valence-corrected chi connectivity index (χ0v) is 9.11. The van der Waals surface area contributed by atoms with Crippen LogP contribution in [0, 0.1) is 0 Å². The van der Waals surface area contributed by atoms with E-state index in [4.69, 9.17) is 5.11 Å². The number of aliphatic carboxylic acids is 1. The molecule has 0 radical (unpaired) electrons. The fourth-order valence-electron chi connectivity index (χ4n) is 1.15. The zero-order chi connectivity index (χ0) is 11.1. The lowest BCUT2D eigenvalue weighted by atomic mass is 10.2. The van der Waals surface area contributed by atoms with Gasteiger partial charge >= 0.3 is 5.97 Å². The van der Waals surface area contributed by atoms with Crippen molar-refractivity contribution in [3.8, 4) is 0 Å². The van der Waals surface area contributed by atoms with Crippen molar-refractivity contribution in [2.45, 2.75) is 18.3 Å². The van der Waals surface area contributed by atoms with Crippen LogP contribution in [0.25, 0.3) is 0 Å². The van der Waals surface area contributed by atoms with E-state index in [-0.39, 0.29) is 6.42 Å². The van der Waals surface area contributed by atoms with E-state index >= 15 is 0 Å². The molecule has 0 bridgehead atoms. The number of benzene rings is 1. The fraction of sp³-hybridized carbons (Fsp3) is 0.364. The van der Waals surface area contributed by atoms with E-state index in [9.17, 15) is 9.90 Å². The monoisotopic (exact) mass is 226 g/mol. The van der Waals surface area contributed by atoms with Crippen LogP contribution in [0.3, 0.4) is 0 Å². The minimum atomic E-state index is -0.956. The highest BCUT2D eigenvalue weighted by molar-refractivity contribution is 7.98. The lowest BCUT2D eigenvalue weighted by Gasteiger charge is -2.07. The van der Waals surface area contributed by atoms with Gasteiger partial charge in [0.1, 0.15) is 0 Å². The first-order valence-corrected chi connectivity index (χ1v) is 5.85. The molecule has 0 aliphatic rings. The highest BCUT2D eigenvalue weighted by atomic mass is 32.2. The van der Waals surface area contributed by atoms with Crippen LogP contribution in [-0.4, -0.2) is 28.0 Å². The number of carboxylic acid groups (broad SMARTS) is 1. The van der Waals surface area contributed by atoms with Crippen LogP contribution in [-0.2, 0) is 10.5 Å². The topological polar surface area (TPSA) is 57.5 Å². The van der Waals surface area contributed by atoms with Crippen molar-refractivity contribution in [1.29, 1.82) is 0 Å². The summed E-state index contributed by atoms with van der Waals surface area (Å²) >= 11 is 1.54. The molecule has 1 aromatic carbocycles. The number of aliphatic hydroxyl groups excluding tert-OH is 1. The van der Waals surface area contributed by atoms with E-state index < -0.39 is 12.1 Å². The maximum absolute atomic E-state index is 10.3. The maximum Gasteiger partial charge on any atom is 0.306 e. The number of rotatable bonds is 6. The number of carboxylic acids is 1. The zero-order valence-electron chi connectivity index (χ0n) is 8.30. The van der Waals surface area contributed by atoms with Gasteiger partial charge in [0.2, 0.25) is 0 Å². The van der Waals surface area contributed by atoms with E-state index in [1.807, 2.05) is 30.3 Å². The number of aliphatic hydroxyl groups is 1. The summed E-state index contributed by atoms with van der Waals surface area (Å²) < 4.78 is 0. The van der Waals surface area contributed by atoms with Gasteiger partial charge in [-0.3, -0.25) is 4.79 Å². The molecule has 0 saturated carbocycles. The van der Waals surface area contributed by atoms with E-state index in [1.54, 1.807) is 11.8 Å². The van der Waals surface area contributed by atoms with E-state index in [0.717, 1.165) is 5.75 Å². The SMILES string of the molecule is O=C(O)CC(O)CSCc1ccccc1. The summed E-state index contributed by atoms with van der Waals surface area (Å²) in [6.45, 7) is 0. The van der Waals surface area contributed by atoms with Crippen LogP contribution in [0.2, 0.25) is 0 Å². The molecule has 4 heteroatoms. The molecule has 0 saturated heterocycles. The number of carbonyl (C=O) groups is 1. The van der Waals surface area contributed by atoms with Crippen LogP contribution in [0.1, 0.15) is 12.0 Å². The highest BCUT2D eigenvalue weighted by Gasteiger charge is 2.08. The molecule has 3 nitrogen and oxygen atoms in total. The Morgan fingerprint density at radius 1 is 1.33 bits per heavy atom. The van der Waals surface area contributed by atoms with Crippen LogP contribution in [0.4, 0.5) is 0 Å². The van der Waals surface area contributed by atoms with E-state index in [2.05, 4.69) is 0 Å². The Labute approximate surface area is 93.1 Å². The molecule has 0 fully saturated rings. The summed E-state index contributed by atoms with van der Waals surface area (Å²) in [5.41, 5.74) is 1.19. The number of hydrogen-bond acceptors (Lipinski definition) is 3. The van der Waals surface area contributed by atoms with E-state index in [0.29, 0.717) is 5.75 Å². The Morgan fingerprint density at radius 3 is 2.60 bits per heavy atom. The van der Waals surface area contributed by atoms with Crippen LogP contribution in [0.5, 0.6) is 0 Å². The lowest BCUT2D eigenvalue weighted by Crippen LogP contribution is -2.15. The second-order valence-electron chi connectivity index (χ2n) is 3.25. The first-order chi connectivity index (χ1) is 7.18. The van der Waals surface area contributed by atoms with Crippen molar-refractivity contribution in [2.24, 2.45) is 0 Å². The van der Waals surface area contributed by atoms with Gasteiger partial charge in [-0.25, -0.2) is 0 Å². The first kappa shape index (κ1) is 12.1. The standard InChI is InChI=1S/C11H14O3S/c12-10(6-11(13)14)8-15-7-9-4-2-1-3-5-9/h1-5,10,12H,6-8H2,(H,13,14). The normalized spacial score (nSPS) is 12.3. The quantitative estimate of drug-likeness (QED) is 0.776. The maximum atomic E-state index is 10.3. The Hall–Kier alpha value is -1.00. The van der Waals surface area contributed by atoms with Gasteiger partial charge in [-0.15, -0.1) is 0 Å². The molecule has 15 heavy (non-hydrogen) atoms. The van der Waals surface area contributed by atoms with Crippen molar-refractivity contribution in [2.75, 3.05) is 5.75 Å². The molecule has 1 rings (SSSR count). The summed E-state index contributed by atoms with van der Waals surface area (Å²) in [4.78, 5) is 10.3. The lowest BCUT2D eigenvalue weighted by molar-refractivity contribution is -0.138. The van der Waals surface area contributed by atoms with Crippen molar-refractivity contribution in [3.63, 3.8) is 0 Å². The predicted octanol–water partition coefficient (Wildman–Crippen LogP) is 1.76. The van der Waals surface area contributed by atoms with Gasteiger partial charge in [-0.1, -0.05) is 30.3 Å². The summed E-state index contributed by atoms with van der Waals surface area (Å²) in [6.07, 6.45) is -0.932. The second-order valence-corrected chi connectivity index (χ2v) is 4.28. The van der Waals surface area contributed by atoms with Crippen LogP contribution >= 0.6 is 11.8 Å². The minimum Gasteiger partial charge on any atom is -0.481 e. The molecule has 1 atom stereocenters. The minimum absolute atomic E-state index is 0.179. The number of hydrogen-bond donors (Lipinski definition) is 2. The summed E-state index contributed by atoms with van der Waals surface area (Å²) in [5, 5.41) is 17.7. The Kier molecular flexibility index (Phi) is 5.21. The average Bonchev–Trinajstić information content (AvgIpc) is 2.18. The largest absolute Gasteiger partial charge is 0.481 e. The van der Waals surface area contributed by atoms with Gasteiger partial charge in [0.15, 0.2) is 0 Å². The average molecular weight is 226 g/mol. The molecule has 0 aliphatic carbocycles. The molecule has 0 aromatic heterocycles. The van der Waals surface area contributed by atoms with Crippen LogP contribution < -0.4 is 0 Å². The van der Waals surface area contributed by atoms with Gasteiger partial charge in [0.25, 0.3) is 0 Å². The number of thioether (sulfide) groups is 1. The third kappa shape index (κ3) is 5.44. The molecule has 82 valence electrons. The Morgan fingerprint density at radius 2 is 2.00 bits per heavy atom. The predicted molar refractivity (Wildman–Crippen MR) is 60.9 cm³/mol. The molecule has 1 aromatic rings. The van der Waals surface area contributed by atoms with Gasteiger partial charge in [-0.05, 0) is 5.56 Å². The highest BCUT2D eigenvalue weighted by Crippen LogP contribution is 2.13. The molecule has 1 unspecified atom stereocenters.